The van der Waals surface area contributed by atoms with Crippen LogP contribution in [0.25, 0.3) is 5.57 Å². The molecule has 1 saturated heterocycles. The average molecular weight is 244 g/mol. The zero-order valence-corrected chi connectivity index (χ0v) is 11.4. The number of nitrogens with one attached hydrogen (secondary N) is 1. The van der Waals surface area contributed by atoms with Gasteiger partial charge in [0.2, 0.25) is 0 Å². The molecule has 2 heteroatoms. The third-order valence-electron chi connectivity index (χ3n) is 3.82. The lowest BCUT2D eigenvalue weighted by Crippen LogP contribution is -2.43. The zero-order valence-electron chi connectivity index (χ0n) is 11.4. The first-order chi connectivity index (χ1) is 8.77. The van der Waals surface area contributed by atoms with Crippen molar-refractivity contribution in [2.24, 2.45) is 0 Å². The van der Waals surface area contributed by atoms with E-state index in [9.17, 15) is 0 Å². The lowest BCUT2D eigenvalue weighted by atomic mass is 10.0. The van der Waals surface area contributed by atoms with E-state index in [4.69, 9.17) is 0 Å². The number of nitrogens with zero attached hydrogens (tertiary/aromatic N) is 1. The Kier molecular flexibility index (Phi) is 4.97. The second-order valence-corrected chi connectivity index (χ2v) is 5.23. The highest BCUT2D eigenvalue weighted by atomic mass is 15.2. The largest absolute Gasteiger partial charge is 0.311 e. The van der Waals surface area contributed by atoms with Crippen LogP contribution in [-0.4, -0.2) is 37.6 Å². The van der Waals surface area contributed by atoms with E-state index in [2.05, 4.69) is 48.1 Å². The fourth-order valence-corrected chi connectivity index (χ4v) is 2.57. The minimum Gasteiger partial charge on any atom is -0.311 e. The first kappa shape index (κ1) is 13.3. The van der Waals surface area contributed by atoms with E-state index in [1.165, 1.54) is 36.9 Å². The van der Waals surface area contributed by atoms with E-state index in [0.717, 1.165) is 13.1 Å². The summed E-state index contributed by atoms with van der Waals surface area (Å²) < 4.78 is 0. The third kappa shape index (κ3) is 3.69. The van der Waals surface area contributed by atoms with Gasteiger partial charge in [0.25, 0.3) is 0 Å². The van der Waals surface area contributed by atoms with E-state index < -0.39 is 0 Å². The maximum atomic E-state index is 4.15. The van der Waals surface area contributed by atoms with E-state index in [-0.39, 0.29) is 0 Å². The molecule has 0 bridgehead atoms. The van der Waals surface area contributed by atoms with Crippen LogP contribution < -0.4 is 5.32 Å². The molecular weight excluding hydrogens is 220 g/mol. The van der Waals surface area contributed by atoms with Gasteiger partial charge < -0.3 is 10.2 Å². The highest BCUT2D eigenvalue weighted by molar-refractivity contribution is 5.64. The Balaban J connectivity index is 1.73. The fraction of sp³-hybridized carbons (Fsp3) is 0.500. The Morgan fingerprint density at radius 2 is 2.11 bits per heavy atom. The molecule has 1 aromatic carbocycles. The molecule has 1 aromatic rings. The van der Waals surface area contributed by atoms with Crippen molar-refractivity contribution >= 4 is 5.57 Å². The summed E-state index contributed by atoms with van der Waals surface area (Å²) in [6, 6.07) is 11.1. The van der Waals surface area contributed by atoms with Gasteiger partial charge >= 0.3 is 0 Å². The van der Waals surface area contributed by atoms with Crippen molar-refractivity contribution in [3.8, 4) is 0 Å². The van der Waals surface area contributed by atoms with Gasteiger partial charge in [-0.1, -0.05) is 43.3 Å². The molecule has 98 valence electrons. The minimum atomic E-state index is 0.697. The Hall–Kier alpha value is -1.12. The second kappa shape index (κ2) is 6.72. The van der Waals surface area contributed by atoms with Crippen molar-refractivity contribution in [1.82, 2.24) is 10.2 Å². The van der Waals surface area contributed by atoms with Gasteiger partial charge in [-0.2, -0.15) is 0 Å². The van der Waals surface area contributed by atoms with Gasteiger partial charge in [-0.25, -0.2) is 0 Å². The van der Waals surface area contributed by atoms with Crippen molar-refractivity contribution < 1.29 is 0 Å². The molecule has 1 fully saturated rings. The molecule has 1 atom stereocenters. The van der Waals surface area contributed by atoms with Gasteiger partial charge in [0.15, 0.2) is 0 Å². The van der Waals surface area contributed by atoms with Crippen molar-refractivity contribution in [2.75, 3.05) is 26.7 Å². The van der Waals surface area contributed by atoms with Crippen LogP contribution >= 0.6 is 0 Å². The molecule has 0 amide bonds. The summed E-state index contributed by atoms with van der Waals surface area (Å²) in [5, 5.41) is 3.54. The SMILES string of the molecule is C=C(CNCC1CCCCN1C)c1ccccc1. The summed E-state index contributed by atoms with van der Waals surface area (Å²) >= 11 is 0. The van der Waals surface area contributed by atoms with Crippen LogP contribution in [0.2, 0.25) is 0 Å². The van der Waals surface area contributed by atoms with Crippen molar-refractivity contribution in [3.05, 3.63) is 42.5 Å². The number of hydrogen-bond donors (Lipinski definition) is 1. The van der Waals surface area contributed by atoms with Gasteiger partial charge in [0.1, 0.15) is 0 Å². The molecule has 1 N–H and O–H groups in total. The standard InChI is InChI=1S/C16H24N2/c1-14(15-8-4-3-5-9-15)12-17-13-16-10-6-7-11-18(16)2/h3-5,8-9,16-17H,1,6-7,10-13H2,2H3. The summed E-state index contributed by atoms with van der Waals surface area (Å²) in [6.07, 6.45) is 4.04. The molecule has 0 radical (unpaired) electrons. The van der Waals surface area contributed by atoms with Crippen LogP contribution in [0.4, 0.5) is 0 Å². The Labute approximate surface area is 111 Å². The highest BCUT2D eigenvalue weighted by Gasteiger charge is 2.17. The number of hydrogen-bond acceptors (Lipinski definition) is 2. The van der Waals surface area contributed by atoms with E-state index in [1.54, 1.807) is 0 Å². The Morgan fingerprint density at radius 1 is 1.33 bits per heavy atom. The molecule has 1 aliphatic rings. The van der Waals surface area contributed by atoms with E-state index in [1.807, 2.05) is 6.07 Å². The van der Waals surface area contributed by atoms with Crippen molar-refractivity contribution in [2.45, 2.75) is 25.3 Å². The summed E-state index contributed by atoms with van der Waals surface area (Å²) in [5.74, 6) is 0. The van der Waals surface area contributed by atoms with Crippen LogP contribution in [0.5, 0.6) is 0 Å². The number of rotatable bonds is 5. The molecule has 1 heterocycles. The molecule has 0 spiro atoms. The van der Waals surface area contributed by atoms with Gasteiger partial charge in [-0.3, -0.25) is 0 Å². The van der Waals surface area contributed by atoms with Crippen LogP contribution in [0, 0.1) is 0 Å². The Bertz CT molecular complexity index is 372. The predicted octanol–water partition coefficient (Wildman–Crippen LogP) is 2.77. The molecule has 1 unspecified atom stereocenters. The van der Waals surface area contributed by atoms with Crippen LogP contribution in [0.1, 0.15) is 24.8 Å². The topological polar surface area (TPSA) is 15.3 Å². The van der Waals surface area contributed by atoms with E-state index >= 15 is 0 Å². The first-order valence-corrected chi connectivity index (χ1v) is 6.91. The average Bonchev–Trinajstić information content (AvgIpc) is 2.42. The van der Waals surface area contributed by atoms with Gasteiger partial charge in [0, 0.05) is 19.1 Å². The number of likely N-dealkylation sites (N-methyl/N-ethyl adjacent to an activating group) is 1. The predicted molar refractivity (Wildman–Crippen MR) is 78.6 cm³/mol. The lowest BCUT2D eigenvalue weighted by Gasteiger charge is -2.32. The highest BCUT2D eigenvalue weighted by Crippen LogP contribution is 2.14. The molecule has 1 aliphatic heterocycles. The summed E-state index contributed by atoms with van der Waals surface area (Å²) in [7, 11) is 2.23. The third-order valence-corrected chi connectivity index (χ3v) is 3.82. The van der Waals surface area contributed by atoms with Gasteiger partial charge in [-0.15, -0.1) is 0 Å². The minimum absolute atomic E-state index is 0.697. The van der Waals surface area contributed by atoms with Crippen molar-refractivity contribution in [3.63, 3.8) is 0 Å². The summed E-state index contributed by atoms with van der Waals surface area (Å²) in [5.41, 5.74) is 2.41. The van der Waals surface area contributed by atoms with Gasteiger partial charge in [-0.05, 0) is 37.6 Å². The normalized spacial score (nSPS) is 20.8. The maximum absolute atomic E-state index is 4.15. The van der Waals surface area contributed by atoms with Crippen LogP contribution in [0.15, 0.2) is 36.9 Å². The first-order valence-electron chi connectivity index (χ1n) is 6.91. The number of benzene rings is 1. The summed E-state index contributed by atoms with van der Waals surface area (Å²) in [6.45, 7) is 7.35. The smallest absolute Gasteiger partial charge is 0.0217 e. The molecule has 2 nitrogen and oxygen atoms in total. The number of likely N-dealkylation sites (tertiary alicyclic amines) is 1. The lowest BCUT2D eigenvalue weighted by molar-refractivity contribution is 0.183. The molecular formula is C16H24N2. The molecule has 18 heavy (non-hydrogen) atoms. The molecule has 0 aliphatic carbocycles. The van der Waals surface area contributed by atoms with Crippen molar-refractivity contribution in [1.29, 1.82) is 0 Å². The van der Waals surface area contributed by atoms with E-state index in [0.29, 0.717) is 6.04 Å². The monoisotopic (exact) mass is 244 g/mol. The van der Waals surface area contributed by atoms with Gasteiger partial charge in [0.05, 0.1) is 0 Å². The maximum Gasteiger partial charge on any atom is 0.0217 e. The van der Waals surface area contributed by atoms with Crippen LogP contribution in [0.3, 0.4) is 0 Å². The van der Waals surface area contributed by atoms with Crippen LogP contribution in [-0.2, 0) is 0 Å². The quantitative estimate of drug-likeness (QED) is 0.857. The molecule has 0 aromatic heterocycles. The second-order valence-electron chi connectivity index (χ2n) is 5.23. The Morgan fingerprint density at radius 3 is 2.83 bits per heavy atom. The number of piperidine rings is 1. The summed E-state index contributed by atoms with van der Waals surface area (Å²) in [4.78, 5) is 2.47. The fourth-order valence-electron chi connectivity index (χ4n) is 2.57. The molecule has 2 rings (SSSR count). The molecule has 0 saturated carbocycles. The zero-order chi connectivity index (χ0) is 12.8.